The third-order valence-electron chi connectivity index (χ3n) is 4.57. The molecule has 17 heavy (non-hydrogen) atoms. The Kier molecular flexibility index (Phi) is 3.55. The highest BCUT2D eigenvalue weighted by Gasteiger charge is 2.47. The first kappa shape index (κ1) is 12.6. The van der Waals surface area contributed by atoms with Crippen LogP contribution in [0.25, 0.3) is 0 Å². The van der Waals surface area contributed by atoms with Crippen LogP contribution in [0.5, 0.6) is 0 Å². The van der Waals surface area contributed by atoms with Gasteiger partial charge in [-0.05, 0) is 25.3 Å². The highest BCUT2D eigenvalue weighted by molar-refractivity contribution is 5.25. The SMILES string of the molecule is CC(O)(c1ccccc1)C1(CN)CCCCC1. The van der Waals surface area contributed by atoms with Gasteiger partial charge >= 0.3 is 0 Å². The van der Waals surface area contributed by atoms with E-state index in [0.29, 0.717) is 6.54 Å². The standard InChI is InChI=1S/C15H23NO/c1-14(17,13-8-4-2-5-9-13)15(12-16)10-6-3-7-11-15/h2,4-5,8-9,17H,3,6-7,10-12,16H2,1H3. The molecule has 94 valence electrons. The van der Waals surface area contributed by atoms with Gasteiger partial charge in [-0.3, -0.25) is 0 Å². The lowest BCUT2D eigenvalue weighted by atomic mass is 9.61. The second kappa shape index (κ2) is 4.79. The van der Waals surface area contributed by atoms with Crippen LogP contribution in [0.4, 0.5) is 0 Å². The van der Waals surface area contributed by atoms with E-state index in [1.165, 1.54) is 19.3 Å². The average molecular weight is 233 g/mol. The van der Waals surface area contributed by atoms with Crippen LogP contribution >= 0.6 is 0 Å². The van der Waals surface area contributed by atoms with Crippen molar-refractivity contribution in [2.24, 2.45) is 11.1 Å². The summed E-state index contributed by atoms with van der Waals surface area (Å²) in [5.74, 6) is 0. The molecule has 0 bridgehead atoms. The summed E-state index contributed by atoms with van der Waals surface area (Å²) < 4.78 is 0. The summed E-state index contributed by atoms with van der Waals surface area (Å²) in [6, 6.07) is 9.96. The maximum Gasteiger partial charge on any atom is 0.0936 e. The van der Waals surface area contributed by atoms with Crippen molar-refractivity contribution in [2.45, 2.75) is 44.6 Å². The maximum atomic E-state index is 11.0. The molecule has 0 saturated heterocycles. The molecule has 1 saturated carbocycles. The van der Waals surface area contributed by atoms with E-state index in [1.54, 1.807) is 0 Å². The molecule has 2 nitrogen and oxygen atoms in total. The molecular formula is C15H23NO. The zero-order valence-corrected chi connectivity index (χ0v) is 10.7. The lowest BCUT2D eigenvalue weighted by Gasteiger charge is -2.47. The largest absolute Gasteiger partial charge is 0.385 e. The van der Waals surface area contributed by atoms with Crippen LogP contribution in [-0.2, 0) is 5.60 Å². The molecule has 1 aromatic rings. The van der Waals surface area contributed by atoms with Gasteiger partial charge in [0.25, 0.3) is 0 Å². The smallest absolute Gasteiger partial charge is 0.0936 e. The first-order chi connectivity index (χ1) is 8.12. The molecule has 1 aliphatic rings. The number of nitrogens with two attached hydrogens (primary N) is 1. The van der Waals surface area contributed by atoms with Crippen molar-refractivity contribution in [1.29, 1.82) is 0 Å². The molecule has 1 atom stereocenters. The van der Waals surface area contributed by atoms with Gasteiger partial charge in [0.15, 0.2) is 0 Å². The predicted molar refractivity (Wildman–Crippen MR) is 70.6 cm³/mol. The van der Waals surface area contributed by atoms with Gasteiger partial charge < -0.3 is 10.8 Å². The average Bonchev–Trinajstić information content (AvgIpc) is 2.40. The third-order valence-corrected chi connectivity index (χ3v) is 4.57. The minimum Gasteiger partial charge on any atom is -0.385 e. The number of hydrogen-bond donors (Lipinski definition) is 2. The Bertz CT molecular complexity index is 352. The van der Waals surface area contributed by atoms with E-state index in [9.17, 15) is 5.11 Å². The Morgan fingerprint density at radius 2 is 1.76 bits per heavy atom. The van der Waals surface area contributed by atoms with Crippen LogP contribution in [0, 0.1) is 5.41 Å². The van der Waals surface area contributed by atoms with E-state index in [2.05, 4.69) is 0 Å². The van der Waals surface area contributed by atoms with Gasteiger partial charge in [-0.25, -0.2) is 0 Å². The monoisotopic (exact) mass is 233 g/mol. The highest BCUT2D eigenvalue weighted by atomic mass is 16.3. The van der Waals surface area contributed by atoms with E-state index in [0.717, 1.165) is 18.4 Å². The molecule has 1 aliphatic carbocycles. The van der Waals surface area contributed by atoms with Crippen molar-refractivity contribution in [1.82, 2.24) is 0 Å². The van der Waals surface area contributed by atoms with E-state index < -0.39 is 5.60 Å². The highest BCUT2D eigenvalue weighted by Crippen LogP contribution is 2.48. The van der Waals surface area contributed by atoms with E-state index >= 15 is 0 Å². The Balaban J connectivity index is 2.35. The van der Waals surface area contributed by atoms with E-state index in [-0.39, 0.29) is 5.41 Å². The fourth-order valence-corrected chi connectivity index (χ4v) is 3.19. The minimum absolute atomic E-state index is 0.146. The second-order valence-corrected chi connectivity index (χ2v) is 5.48. The zero-order valence-electron chi connectivity index (χ0n) is 10.7. The molecule has 0 spiro atoms. The first-order valence-electron chi connectivity index (χ1n) is 6.60. The van der Waals surface area contributed by atoms with Crippen molar-refractivity contribution < 1.29 is 5.11 Å². The Morgan fingerprint density at radius 1 is 1.18 bits per heavy atom. The number of benzene rings is 1. The fraction of sp³-hybridized carbons (Fsp3) is 0.600. The van der Waals surface area contributed by atoms with Crippen LogP contribution in [0.15, 0.2) is 30.3 Å². The van der Waals surface area contributed by atoms with Crippen LogP contribution in [0.1, 0.15) is 44.6 Å². The summed E-state index contributed by atoms with van der Waals surface area (Å²) in [5, 5.41) is 11.0. The Labute approximate surface area is 104 Å². The second-order valence-electron chi connectivity index (χ2n) is 5.48. The van der Waals surface area contributed by atoms with Crippen molar-refractivity contribution >= 4 is 0 Å². The van der Waals surface area contributed by atoms with Crippen molar-refractivity contribution in [2.75, 3.05) is 6.54 Å². The molecule has 0 aliphatic heterocycles. The van der Waals surface area contributed by atoms with Gasteiger partial charge in [0.1, 0.15) is 0 Å². The Morgan fingerprint density at radius 3 is 2.29 bits per heavy atom. The summed E-state index contributed by atoms with van der Waals surface area (Å²) in [5.41, 5.74) is 6.03. The van der Waals surface area contributed by atoms with Crippen molar-refractivity contribution in [3.05, 3.63) is 35.9 Å². The number of aliphatic hydroxyl groups is 1. The zero-order chi connectivity index (χ0) is 12.4. The molecule has 3 N–H and O–H groups in total. The van der Waals surface area contributed by atoms with Gasteiger partial charge in [-0.15, -0.1) is 0 Å². The summed E-state index contributed by atoms with van der Waals surface area (Å²) in [4.78, 5) is 0. The normalized spacial score (nSPS) is 23.0. The molecule has 1 unspecified atom stereocenters. The predicted octanol–water partition coefficient (Wildman–Crippen LogP) is 2.80. The topological polar surface area (TPSA) is 46.2 Å². The van der Waals surface area contributed by atoms with Gasteiger partial charge in [-0.2, -0.15) is 0 Å². The van der Waals surface area contributed by atoms with Gasteiger partial charge in [-0.1, -0.05) is 49.6 Å². The molecule has 0 amide bonds. The quantitative estimate of drug-likeness (QED) is 0.843. The lowest BCUT2D eigenvalue weighted by Crippen LogP contribution is -2.49. The van der Waals surface area contributed by atoms with Gasteiger partial charge in [0.05, 0.1) is 5.60 Å². The molecule has 2 rings (SSSR count). The summed E-state index contributed by atoms with van der Waals surface area (Å²) >= 11 is 0. The summed E-state index contributed by atoms with van der Waals surface area (Å²) in [6.45, 7) is 2.50. The number of hydrogen-bond acceptors (Lipinski definition) is 2. The van der Waals surface area contributed by atoms with Gasteiger partial charge in [0, 0.05) is 12.0 Å². The van der Waals surface area contributed by atoms with Crippen molar-refractivity contribution in [3.63, 3.8) is 0 Å². The molecule has 2 heteroatoms. The molecule has 0 aromatic heterocycles. The molecule has 1 fully saturated rings. The minimum atomic E-state index is -0.816. The fourth-order valence-electron chi connectivity index (χ4n) is 3.19. The first-order valence-corrected chi connectivity index (χ1v) is 6.60. The van der Waals surface area contributed by atoms with Crippen LogP contribution < -0.4 is 5.73 Å². The lowest BCUT2D eigenvalue weighted by molar-refractivity contribution is -0.0918. The summed E-state index contributed by atoms with van der Waals surface area (Å²) in [7, 11) is 0. The molecule has 1 aromatic carbocycles. The molecular weight excluding hydrogens is 210 g/mol. The molecule has 0 heterocycles. The molecule has 0 radical (unpaired) electrons. The van der Waals surface area contributed by atoms with Gasteiger partial charge in [0.2, 0.25) is 0 Å². The van der Waals surface area contributed by atoms with Crippen LogP contribution in [-0.4, -0.2) is 11.7 Å². The van der Waals surface area contributed by atoms with Crippen LogP contribution in [0.2, 0.25) is 0 Å². The summed E-state index contributed by atoms with van der Waals surface area (Å²) in [6.07, 6.45) is 5.70. The van der Waals surface area contributed by atoms with Crippen LogP contribution in [0.3, 0.4) is 0 Å². The maximum absolute atomic E-state index is 11.0. The van der Waals surface area contributed by atoms with Crippen molar-refractivity contribution in [3.8, 4) is 0 Å². The number of rotatable bonds is 3. The Hall–Kier alpha value is -0.860. The van der Waals surface area contributed by atoms with E-state index in [1.807, 2.05) is 37.3 Å². The third kappa shape index (κ3) is 2.12. The van der Waals surface area contributed by atoms with E-state index in [4.69, 9.17) is 5.73 Å².